The third-order valence-electron chi connectivity index (χ3n) is 5.26. The van der Waals surface area contributed by atoms with Gasteiger partial charge in [0.15, 0.2) is 0 Å². The van der Waals surface area contributed by atoms with Crippen LogP contribution in [0, 0.1) is 11.3 Å². The third kappa shape index (κ3) is 6.35. The first-order chi connectivity index (χ1) is 15.8. The van der Waals surface area contributed by atoms with E-state index in [1.807, 2.05) is 54.6 Å². The maximum Gasteiger partial charge on any atom is 0.244 e. The van der Waals surface area contributed by atoms with Crippen LogP contribution in [0.25, 0.3) is 0 Å². The van der Waals surface area contributed by atoms with Crippen LogP contribution in [0.5, 0.6) is 11.5 Å². The molecule has 1 N–H and O–H groups in total. The highest BCUT2D eigenvalue weighted by atomic mass is 32.2. The van der Waals surface area contributed by atoms with E-state index in [1.165, 1.54) is 25.3 Å². The first-order valence-corrected chi connectivity index (χ1v) is 12.2. The number of benzene rings is 3. The smallest absolute Gasteiger partial charge is 0.244 e. The number of methoxy groups -OCH3 is 1. The van der Waals surface area contributed by atoms with Gasteiger partial charge in [-0.25, -0.2) is 13.1 Å². The van der Waals surface area contributed by atoms with E-state index in [2.05, 4.69) is 18.6 Å². The summed E-state index contributed by atoms with van der Waals surface area (Å²) in [5.74, 6) is 1.28. The van der Waals surface area contributed by atoms with Crippen molar-refractivity contribution in [2.24, 2.45) is 0 Å². The van der Waals surface area contributed by atoms with E-state index in [1.54, 1.807) is 0 Å². The van der Waals surface area contributed by atoms with E-state index >= 15 is 0 Å². The van der Waals surface area contributed by atoms with Crippen LogP contribution in [0.4, 0.5) is 0 Å². The zero-order valence-electron chi connectivity index (χ0n) is 19.0. The Hall–Kier alpha value is -3.34. The first kappa shape index (κ1) is 24.3. The lowest BCUT2D eigenvalue weighted by atomic mass is 10.00. The molecule has 0 bridgehead atoms. The second-order valence-electron chi connectivity index (χ2n) is 7.92. The molecule has 0 aliphatic carbocycles. The van der Waals surface area contributed by atoms with Gasteiger partial charge in [0, 0.05) is 6.54 Å². The lowest BCUT2D eigenvalue weighted by Crippen LogP contribution is -2.26. The van der Waals surface area contributed by atoms with E-state index in [0.29, 0.717) is 18.9 Å². The quantitative estimate of drug-likeness (QED) is 0.466. The van der Waals surface area contributed by atoms with Crippen molar-refractivity contribution in [3.05, 3.63) is 89.0 Å². The summed E-state index contributed by atoms with van der Waals surface area (Å²) >= 11 is 0. The molecule has 0 fully saturated rings. The van der Waals surface area contributed by atoms with E-state index in [9.17, 15) is 8.42 Å². The summed E-state index contributed by atoms with van der Waals surface area (Å²) in [6.07, 6.45) is 0.446. The van der Waals surface area contributed by atoms with Gasteiger partial charge in [-0.05, 0) is 53.3 Å². The van der Waals surface area contributed by atoms with Crippen molar-refractivity contribution in [3.63, 3.8) is 0 Å². The highest BCUT2D eigenvalue weighted by Gasteiger charge is 2.20. The topological polar surface area (TPSA) is 88.4 Å². The Morgan fingerprint density at radius 3 is 2.42 bits per heavy atom. The molecule has 0 aliphatic rings. The van der Waals surface area contributed by atoms with Crippen LogP contribution in [-0.2, 0) is 23.1 Å². The van der Waals surface area contributed by atoms with E-state index in [-0.39, 0.29) is 22.8 Å². The van der Waals surface area contributed by atoms with Gasteiger partial charge >= 0.3 is 0 Å². The van der Waals surface area contributed by atoms with E-state index in [4.69, 9.17) is 14.7 Å². The van der Waals surface area contributed by atoms with Crippen LogP contribution >= 0.6 is 0 Å². The highest BCUT2D eigenvalue weighted by Crippen LogP contribution is 2.27. The number of nitrogens with one attached hydrogen (secondary N) is 1. The van der Waals surface area contributed by atoms with Crippen molar-refractivity contribution < 1.29 is 17.9 Å². The number of sulfonamides is 1. The molecule has 0 saturated carbocycles. The molecular formula is C26H28N2O4S. The van der Waals surface area contributed by atoms with E-state index < -0.39 is 10.0 Å². The summed E-state index contributed by atoms with van der Waals surface area (Å²) < 4.78 is 39.7. The summed E-state index contributed by atoms with van der Waals surface area (Å²) in [6, 6.07) is 22.2. The van der Waals surface area contributed by atoms with Crippen molar-refractivity contribution in [3.8, 4) is 17.6 Å². The number of rotatable bonds is 10. The van der Waals surface area contributed by atoms with E-state index in [0.717, 1.165) is 22.4 Å². The Kier molecular flexibility index (Phi) is 8.10. The zero-order chi connectivity index (χ0) is 23.8. The number of ether oxygens (including phenoxy) is 2. The minimum absolute atomic E-state index is 0.0558. The molecule has 0 heterocycles. The molecule has 7 heteroatoms. The monoisotopic (exact) mass is 464 g/mol. The fraction of sp³-hybridized carbons (Fsp3) is 0.269. The predicted octanol–water partition coefficient (Wildman–Crippen LogP) is 4.79. The molecule has 3 aromatic rings. The van der Waals surface area contributed by atoms with Crippen LogP contribution in [-0.4, -0.2) is 22.1 Å². The largest absolute Gasteiger partial charge is 0.495 e. The third-order valence-corrected chi connectivity index (χ3v) is 6.75. The molecule has 172 valence electrons. The molecule has 0 atom stereocenters. The molecule has 6 nitrogen and oxygen atoms in total. The fourth-order valence-electron chi connectivity index (χ4n) is 3.36. The Morgan fingerprint density at radius 1 is 1.00 bits per heavy atom. The summed E-state index contributed by atoms with van der Waals surface area (Å²) in [4.78, 5) is -0.0558. The molecule has 33 heavy (non-hydrogen) atoms. The Balaban J connectivity index is 1.76. The maximum absolute atomic E-state index is 12.9. The SMILES string of the molecule is COc1ccc(C#N)cc1S(=O)(=O)NCCc1ccc(C(C)C)cc1OCc1ccccc1. The standard InChI is InChI=1S/C26H28N2O4S/c1-19(2)23-11-10-22(25(16-23)32-18-20-7-5-4-6-8-20)13-14-28-33(29,30)26-15-21(17-27)9-12-24(26)31-3/h4-12,15-16,19,28H,13-14,18H2,1-3H3. The molecule has 0 radical (unpaired) electrons. The normalized spacial score (nSPS) is 11.2. The van der Waals surface area contributed by atoms with Gasteiger partial charge in [-0.2, -0.15) is 5.26 Å². The van der Waals surface area contributed by atoms with Crippen molar-refractivity contribution in [2.75, 3.05) is 13.7 Å². The van der Waals surface area contributed by atoms with Crippen LogP contribution in [0.2, 0.25) is 0 Å². The lowest BCUT2D eigenvalue weighted by molar-refractivity contribution is 0.302. The molecule has 0 unspecified atom stereocenters. The highest BCUT2D eigenvalue weighted by molar-refractivity contribution is 7.89. The lowest BCUT2D eigenvalue weighted by Gasteiger charge is -2.16. The van der Waals surface area contributed by atoms with Gasteiger partial charge < -0.3 is 9.47 Å². The molecule has 3 rings (SSSR count). The average molecular weight is 465 g/mol. The van der Waals surface area contributed by atoms with Crippen molar-refractivity contribution in [1.82, 2.24) is 4.72 Å². The second-order valence-corrected chi connectivity index (χ2v) is 9.66. The Labute approximate surface area is 195 Å². The predicted molar refractivity (Wildman–Crippen MR) is 128 cm³/mol. The summed E-state index contributed by atoms with van der Waals surface area (Å²) in [5, 5.41) is 9.12. The summed E-state index contributed by atoms with van der Waals surface area (Å²) in [5.41, 5.74) is 3.37. The van der Waals surface area contributed by atoms with Gasteiger partial charge in [0.2, 0.25) is 10.0 Å². The van der Waals surface area contributed by atoms with Crippen LogP contribution < -0.4 is 14.2 Å². The number of hydrogen-bond acceptors (Lipinski definition) is 5. The van der Waals surface area contributed by atoms with Crippen molar-refractivity contribution in [2.45, 2.75) is 37.7 Å². The minimum Gasteiger partial charge on any atom is -0.495 e. The summed E-state index contributed by atoms with van der Waals surface area (Å²) in [7, 11) is -2.47. The average Bonchev–Trinajstić information content (AvgIpc) is 2.83. The molecule has 3 aromatic carbocycles. The van der Waals surface area contributed by atoms with Crippen LogP contribution in [0.1, 0.15) is 42.0 Å². The van der Waals surface area contributed by atoms with Gasteiger partial charge in [-0.15, -0.1) is 0 Å². The molecular weight excluding hydrogens is 436 g/mol. The maximum atomic E-state index is 12.9. The minimum atomic E-state index is -3.86. The van der Waals surface area contributed by atoms with Crippen molar-refractivity contribution in [1.29, 1.82) is 5.26 Å². The van der Waals surface area contributed by atoms with Gasteiger partial charge in [0.1, 0.15) is 23.0 Å². The molecule has 0 amide bonds. The van der Waals surface area contributed by atoms with Crippen LogP contribution in [0.15, 0.2) is 71.6 Å². The first-order valence-electron chi connectivity index (χ1n) is 10.7. The number of nitriles is 1. The fourth-order valence-corrected chi connectivity index (χ4v) is 4.59. The molecule has 0 aliphatic heterocycles. The Morgan fingerprint density at radius 2 is 1.76 bits per heavy atom. The van der Waals surface area contributed by atoms with Crippen molar-refractivity contribution >= 4 is 10.0 Å². The van der Waals surface area contributed by atoms with Gasteiger partial charge in [-0.1, -0.05) is 56.3 Å². The summed E-state index contributed by atoms with van der Waals surface area (Å²) in [6.45, 7) is 4.84. The van der Waals surface area contributed by atoms with Gasteiger partial charge in [0.05, 0.1) is 18.7 Å². The molecule has 0 aromatic heterocycles. The van der Waals surface area contributed by atoms with Gasteiger partial charge in [0.25, 0.3) is 0 Å². The zero-order valence-corrected chi connectivity index (χ0v) is 19.9. The number of hydrogen-bond donors (Lipinski definition) is 1. The molecule has 0 spiro atoms. The van der Waals surface area contributed by atoms with Crippen LogP contribution in [0.3, 0.4) is 0 Å². The molecule has 0 saturated heterocycles. The van der Waals surface area contributed by atoms with Gasteiger partial charge in [-0.3, -0.25) is 0 Å². The second kappa shape index (κ2) is 11.0. The number of nitrogens with zero attached hydrogens (tertiary/aromatic N) is 1. The Bertz CT molecular complexity index is 1230.